The summed E-state index contributed by atoms with van der Waals surface area (Å²) in [5.41, 5.74) is 6.98. The first-order valence-corrected chi connectivity index (χ1v) is 10.1. The van der Waals surface area contributed by atoms with Crippen molar-refractivity contribution in [3.63, 3.8) is 0 Å². The number of benzene rings is 2. The van der Waals surface area contributed by atoms with Gasteiger partial charge >= 0.3 is 0 Å². The average molecular weight is 385 g/mol. The molecule has 0 N–H and O–H groups in total. The standard InChI is InChI=1S/C25H24FN3/c1-17-18(2)29(16-21-9-5-6-10-23(21)26)24-22(17)11-13-27-25(24)28-14-12-19-7-3-4-8-20(19)15-28/h3-11,13H,12,14-16H2,1-2H3. The van der Waals surface area contributed by atoms with Crippen molar-refractivity contribution in [3.05, 3.63) is 94.6 Å². The van der Waals surface area contributed by atoms with Crippen LogP contribution in [0.4, 0.5) is 10.2 Å². The zero-order valence-corrected chi connectivity index (χ0v) is 16.8. The van der Waals surface area contributed by atoms with E-state index < -0.39 is 0 Å². The van der Waals surface area contributed by atoms with Crippen LogP contribution in [0.3, 0.4) is 0 Å². The maximum atomic E-state index is 14.4. The highest BCUT2D eigenvalue weighted by Crippen LogP contribution is 2.34. The predicted molar refractivity (Wildman–Crippen MR) is 116 cm³/mol. The first-order chi connectivity index (χ1) is 14.1. The van der Waals surface area contributed by atoms with E-state index in [9.17, 15) is 4.39 Å². The van der Waals surface area contributed by atoms with Crippen LogP contribution in [0.25, 0.3) is 10.9 Å². The Labute approximate surface area is 170 Å². The number of hydrogen-bond donors (Lipinski definition) is 0. The Hall–Kier alpha value is -3.14. The van der Waals surface area contributed by atoms with Crippen molar-refractivity contribution in [2.75, 3.05) is 11.4 Å². The molecule has 0 saturated carbocycles. The topological polar surface area (TPSA) is 21.1 Å². The number of halogens is 1. The van der Waals surface area contributed by atoms with Gasteiger partial charge in [0.2, 0.25) is 0 Å². The third-order valence-electron chi connectivity index (χ3n) is 6.24. The second kappa shape index (κ2) is 7.03. The molecule has 2 aromatic heterocycles. The Kier molecular flexibility index (Phi) is 4.35. The molecule has 0 spiro atoms. The fourth-order valence-corrected chi connectivity index (χ4v) is 4.48. The van der Waals surface area contributed by atoms with Crippen LogP contribution in [0.2, 0.25) is 0 Å². The summed E-state index contributed by atoms with van der Waals surface area (Å²) in [6.45, 7) is 6.56. The lowest BCUT2D eigenvalue weighted by Crippen LogP contribution is -2.31. The van der Waals surface area contributed by atoms with Crippen LogP contribution in [0.5, 0.6) is 0 Å². The number of aromatic nitrogens is 2. The summed E-state index contributed by atoms with van der Waals surface area (Å²) in [7, 11) is 0. The highest BCUT2D eigenvalue weighted by atomic mass is 19.1. The van der Waals surface area contributed by atoms with E-state index in [1.807, 2.05) is 18.3 Å². The number of aryl methyl sites for hydroxylation is 1. The van der Waals surface area contributed by atoms with E-state index in [2.05, 4.69) is 53.6 Å². The lowest BCUT2D eigenvalue weighted by Gasteiger charge is -2.30. The van der Waals surface area contributed by atoms with Crippen molar-refractivity contribution in [2.24, 2.45) is 0 Å². The molecule has 5 rings (SSSR count). The zero-order valence-electron chi connectivity index (χ0n) is 16.8. The quantitative estimate of drug-likeness (QED) is 0.471. The highest BCUT2D eigenvalue weighted by Gasteiger charge is 2.23. The molecule has 4 aromatic rings. The Balaban J connectivity index is 1.64. The first-order valence-electron chi connectivity index (χ1n) is 10.1. The fourth-order valence-electron chi connectivity index (χ4n) is 4.48. The molecule has 0 unspecified atom stereocenters. The van der Waals surface area contributed by atoms with E-state index in [0.29, 0.717) is 12.1 Å². The number of anilines is 1. The number of hydrogen-bond acceptors (Lipinski definition) is 2. The van der Waals surface area contributed by atoms with Gasteiger partial charge in [0, 0.05) is 35.9 Å². The van der Waals surface area contributed by atoms with Crippen molar-refractivity contribution in [3.8, 4) is 0 Å². The highest BCUT2D eigenvalue weighted by molar-refractivity contribution is 5.93. The first kappa shape index (κ1) is 17.9. The third-order valence-corrected chi connectivity index (χ3v) is 6.24. The van der Waals surface area contributed by atoms with Gasteiger partial charge in [0.15, 0.2) is 5.82 Å². The molecule has 0 atom stereocenters. The molecule has 29 heavy (non-hydrogen) atoms. The van der Waals surface area contributed by atoms with Gasteiger partial charge < -0.3 is 9.47 Å². The van der Waals surface area contributed by atoms with Crippen LogP contribution in [0.1, 0.15) is 27.9 Å². The second-order valence-electron chi connectivity index (χ2n) is 7.86. The summed E-state index contributed by atoms with van der Waals surface area (Å²) in [6.07, 6.45) is 2.91. The molecule has 1 aliphatic rings. The van der Waals surface area contributed by atoms with E-state index in [1.54, 1.807) is 6.07 Å². The van der Waals surface area contributed by atoms with Gasteiger partial charge in [-0.05, 0) is 49.1 Å². The largest absolute Gasteiger partial charge is 0.350 e. The van der Waals surface area contributed by atoms with E-state index >= 15 is 0 Å². The van der Waals surface area contributed by atoms with Crippen LogP contribution in [0, 0.1) is 19.7 Å². The van der Waals surface area contributed by atoms with Gasteiger partial charge in [-0.25, -0.2) is 9.37 Å². The second-order valence-corrected chi connectivity index (χ2v) is 7.86. The van der Waals surface area contributed by atoms with E-state index in [-0.39, 0.29) is 5.82 Å². The lowest BCUT2D eigenvalue weighted by molar-refractivity contribution is 0.600. The molecule has 0 saturated heterocycles. The van der Waals surface area contributed by atoms with Crippen LogP contribution in [-0.2, 0) is 19.5 Å². The van der Waals surface area contributed by atoms with Crippen molar-refractivity contribution >= 4 is 16.7 Å². The Morgan fingerprint density at radius 1 is 0.966 bits per heavy atom. The van der Waals surface area contributed by atoms with Gasteiger partial charge in [0.25, 0.3) is 0 Å². The molecule has 0 bridgehead atoms. The van der Waals surface area contributed by atoms with Crippen molar-refractivity contribution in [2.45, 2.75) is 33.4 Å². The summed E-state index contributed by atoms with van der Waals surface area (Å²) in [5.74, 6) is 0.827. The molecule has 3 heterocycles. The maximum Gasteiger partial charge on any atom is 0.153 e. The van der Waals surface area contributed by atoms with Gasteiger partial charge in [-0.3, -0.25) is 0 Å². The van der Waals surface area contributed by atoms with Crippen molar-refractivity contribution < 1.29 is 4.39 Å². The Morgan fingerprint density at radius 3 is 2.55 bits per heavy atom. The average Bonchev–Trinajstić information content (AvgIpc) is 3.00. The normalized spacial score (nSPS) is 13.7. The summed E-state index contributed by atoms with van der Waals surface area (Å²) < 4.78 is 16.6. The number of nitrogens with zero attached hydrogens (tertiary/aromatic N) is 3. The summed E-state index contributed by atoms with van der Waals surface area (Å²) in [4.78, 5) is 7.16. The summed E-state index contributed by atoms with van der Waals surface area (Å²) >= 11 is 0. The fraction of sp³-hybridized carbons (Fsp3) is 0.240. The third kappa shape index (κ3) is 3.00. The van der Waals surface area contributed by atoms with Gasteiger partial charge in [0.05, 0.1) is 12.1 Å². The maximum absolute atomic E-state index is 14.4. The number of fused-ring (bicyclic) bond motifs is 2. The molecular weight excluding hydrogens is 361 g/mol. The minimum absolute atomic E-state index is 0.163. The van der Waals surface area contributed by atoms with Crippen molar-refractivity contribution in [1.82, 2.24) is 9.55 Å². The SMILES string of the molecule is Cc1c(C)n(Cc2ccccc2F)c2c(N3CCc4ccccc4C3)nccc12. The molecule has 146 valence electrons. The van der Waals surface area contributed by atoms with E-state index in [0.717, 1.165) is 36.5 Å². The van der Waals surface area contributed by atoms with E-state index in [4.69, 9.17) is 4.98 Å². The van der Waals surface area contributed by atoms with Crippen molar-refractivity contribution in [1.29, 1.82) is 0 Å². The Morgan fingerprint density at radius 2 is 1.72 bits per heavy atom. The van der Waals surface area contributed by atoms with Crippen LogP contribution in [-0.4, -0.2) is 16.1 Å². The van der Waals surface area contributed by atoms with Crippen LogP contribution >= 0.6 is 0 Å². The molecule has 0 fully saturated rings. The molecule has 0 aliphatic carbocycles. The molecule has 3 nitrogen and oxygen atoms in total. The molecule has 0 radical (unpaired) electrons. The molecule has 2 aromatic carbocycles. The summed E-state index contributed by atoms with van der Waals surface area (Å²) in [6, 6.07) is 17.7. The number of rotatable bonds is 3. The smallest absolute Gasteiger partial charge is 0.153 e. The predicted octanol–water partition coefficient (Wildman–Crippen LogP) is 5.40. The molecular formula is C25H24FN3. The van der Waals surface area contributed by atoms with Crippen LogP contribution in [0.15, 0.2) is 60.8 Å². The molecule has 4 heteroatoms. The molecule has 0 amide bonds. The summed E-state index contributed by atoms with van der Waals surface area (Å²) in [5, 5.41) is 1.20. The van der Waals surface area contributed by atoms with Crippen LogP contribution < -0.4 is 4.90 Å². The van der Waals surface area contributed by atoms with Gasteiger partial charge in [-0.2, -0.15) is 0 Å². The lowest BCUT2D eigenvalue weighted by atomic mass is 10.00. The van der Waals surface area contributed by atoms with Gasteiger partial charge in [-0.15, -0.1) is 0 Å². The molecule has 1 aliphatic heterocycles. The zero-order chi connectivity index (χ0) is 20.0. The monoisotopic (exact) mass is 385 g/mol. The minimum Gasteiger partial charge on any atom is -0.350 e. The number of pyridine rings is 1. The van der Waals surface area contributed by atoms with E-state index in [1.165, 1.54) is 28.1 Å². The Bertz CT molecular complexity index is 1210. The minimum atomic E-state index is -0.163. The van der Waals surface area contributed by atoms with Gasteiger partial charge in [-0.1, -0.05) is 42.5 Å². The van der Waals surface area contributed by atoms with Gasteiger partial charge in [0.1, 0.15) is 5.82 Å².